The molecule has 7 heteroatoms. The van der Waals surface area contributed by atoms with E-state index in [2.05, 4.69) is 9.88 Å². The Morgan fingerprint density at radius 3 is 2.05 bits per heavy atom. The quantitative estimate of drug-likeness (QED) is 0.630. The minimum absolute atomic E-state index is 0.150. The van der Waals surface area contributed by atoms with Gasteiger partial charge in [-0.05, 0) is 19.4 Å². The SMILES string of the molecule is CCN1CCC(N(C)c2c(F)c(F)nc(F)c2F)CC1. The molecule has 0 N–H and O–H groups in total. The lowest BCUT2D eigenvalue weighted by molar-refractivity contribution is 0.219. The second-order valence-electron chi connectivity index (χ2n) is 4.95. The van der Waals surface area contributed by atoms with Crippen molar-refractivity contribution in [2.75, 3.05) is 31.6 Å². The predicted octanol–water partition coefficient (Wildman–Crippen LogP) is 2.56. The summed E-state index contributed by atoms with van der Waals surface area (Å²) < 4.78 is 53.7. The number of piperidine rings is 1. The molecule has 112 valence electrons. The smallest absolute Gasteiger partial charge is 0.253 e. The zero-order valence-electron chi connectivity index (χ0n) is 11.5. The van der Waals surface area contributed by atoms with Gasteiger partial charge in [-0.15, -0.1) is 0 Å². The van der Waals surface area contributed by atoms with Crippen LogP contribution in [-0.2, 0) is 0 Å². The number of pyridine rings is 1. The van der Waals surface area contributed by atoms with Crippen LogP contribution in [-0.4, -0.2) is 42.6 Å². The van der Waals surface area contributed by atoms with E-state index in [0.29, 0.717) is 12.8 Å². The van der Waals surface area contributed by atoms with Crippen LogP contribution in [0.2, 0.25) is 0 Å². The first-order valence-electron chi connectivity index (χ1n) is 6.60. The number of likely N-dealkylation sites (tertiary alicyclic amines) is 1. The molecular formula is C13H17F4N3. The molecule has 0 radical (unpaired) electrons. The molecule has 0 aliphatic carbocycles. The standard InChI is InChI=1S/C13H17F4N3/c1-3-20-6-4-8(5-7-20)19(2)11-9(14)12(16)18-13(17)10(11)15/h8H,3-7H2,1-2H3. The van der Waals surface area contributed by atoms with Gasteiger partial charge < -0.3 is 9.80 Å². The van der Waals surface area contributed by atoms with Crippen LogP contribution in [0, 0.1) is 23.5 Å². The van der Waals surface area contributed by atoms with E-state index < -0.39 is 29.2 Å². The Balaban J connectivity index is 2.24. The minimum atomic E-state index is -1.61. The summed E-state index contributed by atoms with van der Waals surface area (Å²) in [6.45, 7) is 4.55. The van der Waals surface area contributed by atoms with Crippen LogP contribution in [0.1, 0.15) is 19.8 Å². The molecule has 2 rings (SSSR count). The summed E-state index contributed by atoms with van der Waals surface area (Å²) in [6, 6.07) is -0.150. The molecule has 1 fully saturated rings. The van der Waals surface area contributed by atoms with Crippen LogP contribution >= 0.6 is 0 Å². The van der Waals surface area contributed by atoms with Crippen LogP contribution in [0.5, 0.6) is 0 Å². The maximum absolute atomic E-state index is 13.7. The van der Waals surface area contributed by atoms with Gasteiger partial charge in [0.2, 0.25) is 11.6 Å². The third-order valence-electron chi connectivity index (χ3n) is 3.88. The van der Waals surface area contributed by atoms with Crippen LogP contribution in [0.15, 0.2) is 0 Å². The number of rotatable bonds is 3. The van der Waals surface area contributed by atoms with Crippen LogP contribution in [0.3, 0.4) is 0 Å². The van der Waals surface area contributed by atoms with Crippen LogP contribution in [0.25, 0.3) is 0 Å². The highest BCUT2D eigenvalue weighted by Gasteiger charge is 2.29. The average molecular weight is 291 g/mol. The molecule has 1 aromatic heterocycles. The molecule has 3 nitrogen and oxygen atoms in total. The zero-order chi connectivity index (χ0) is 14.9. The molecule has 2 heterocycles. The van der Waals surface area contributed by atoms with E-state index in [-0.39, 0.29) is 6.04 Å². The Hall–Kier alpha value is -1.37. The van der Waals surface area contributed by atoms with Crippen molar-refractivity contribution in [2.24, 2.45) is 0 Å². The van der Waals surface area contributed by atoms with E-state index in [1.807, 2.05) is 6.92 Å². The number of hydrogen-bond donors (Lipinski definition) is 0. The van der Waals surface area contributed by atoms with Gasteiger partial charge in [0.1, 0.15) is 5.69 Å². The maximum atomic E-state index is 13.7. The summed E-state index contributed by atoms with van der Waals surface area (Å²) in [4.78, 5) is 6.06. The molecule has 0 unspecified atom stereocenters. The van der Waals surface area contributed by atoms with Gasteiger partial charge in [-0.3, -0.25) is 0 Å². The first kappa shape index (κ1) is 15.0. The lowest BCUT2D eigenvalue weighted by Gasteiger charge is -2.37. The van der Waals surface area contributed by atoms with Crippen molar-refractivity contribution in [3.05, 3.63) is 23.5 Å². The van der Waals surface area contributed by atoms with Crippen molar-refractivity contribution in [2.45, 2.75) is 25.8 Å². The van der Waals surface area contributed by atoms with Gasteiger partial charge in [0.25, 0.3) is 11.9 Å². The lowest BCUT2D eigenvalue weighted by Crippen LogP contribution is -2.44. The van der Waals surface area contributed by atoms with Crippen molar-refractivity contribution in [1.82, 2.24) is 9.88 Å². The van der Waals surface area contributed by atoms with E-state index in [1.165, 1.54) is 11.9 Å². The molecule has 0 atom stereocenters. The highest BCUT2D eigenvalue weighted by atomic mass is 19.2. The summed E-state index contributed by atoms with van der Waals surface area (Å²) in [5, 5.41) is 0. The number of aromatic nitrogens is 1. The Labute approximate surface area is 115 Å². The summed E-state index contributed by atoms with van der Waals surface area (Å²) in [5.74, 6) is -6.11. The molecule has 1 saturated heterocycles. The van der Waals surface area contributed by atoms with Crippen molar-refractivity contribution in [3.8, 4) is 0 Å². The summed E-state index contributed by atoms with van der Waals surface area (Å²) in [7, 11) is 1.45. The first-order chi connectivity index (χ1) is 9.45. The van der Waals surface area contributed by atoms with Gasteiger partial charge >= 0.3 is 0 Å². The summed E-state index contributed by atoms with van der Waals surface area (Å²) in [5.41, 5.74) is -0.676. The Morgan fingerprint density at radius 1 is 1.10 bits per heavy atom. The van der Waals surface area contributed by atoms with Crippen molar-refractivity contribution in [3.63, 3.8) is 0 Å². The molecule has 0 spiro atoms. The minimum Gasteiger partial charge on any atom is -0.366 e. The van der Waals surface area contributed by atoms with Gasteiger partial charge in [0, 0.05) is 26.2 Å². The number of nitrogens with zero attached hydrogens (tertiary/aromatic N) is 3. The van der Waals surface area contributed by atoms with E-state index in [4.69, 9.17) is 0 Å². The zero-order valence-corrected chi connectivity index (χ0v) is 11.5. The molecule has 0 saturated carbocycles. The first-order valence-corrected chi connectivity index (χ1v) is 6.60. The number of halogens is 4. The lowest BCUT2D eigenvalue weighted by atomic mass is 10.0. The van der Waals surface area contributed by atoms with Gasteiger partial charge in [0.15, 0.2) is 0 Å². The average Bonchev–Trinajstić information content (AvgIpc) is 2.45. The third-order valence-corrected chi connectivity index (χ3v) is 3.88. The summed E-state index contributed by atoms with van der Waals surface area (Å²) >= 11 is 0. The van der Waals surface area contributed by atoms with Gasteiger partial charge in [-0.1, -0.05) is 6.92 Å². The largest absolute Gasteiger partial charge is 0.366 e. The van der Waals surface area contributed by atoms with Gasteiger partial charge in [-0.2, -0.15) is 22.5 Å². The molecule has 1 aliphatic rings. The van der Waals surface area contributed by atoms with Crippen LogP contribution < -0.4 is 4.90 Å². The van der Waals surface area contributed by atoms with E-state index >= 15 is 0 Å². The van der Waals surface area contributed by atoms with Crippen molar-refractivity contribution < 1.29 is 17.6 Å². The molecular weight excluding hydrogens is 274 g/mol. The second kappa shape index (κ2) is 5.95. The van der Waals surface area contributed by atoms with Crippen LogP contribution in [0.4, 0.5) is 23.2 Å². The Bertz CT molecular complexity index is 461. The molecule has 0 amide bonds. The highest BCUT2D eigenvalue weighted by molar-refractivity contribution is 5.48. The molecule has 1 aliphatic heterocycles. The Kier molecular flexibility index (Phi) is 4.47. The third kappa shape index (κ3) is 2.72. The van der Waals surface area contributed by atoms with Crippen molar-refractivity contribution in [1.29, 1.82) is 0 Å². The fraction of sp³-hybridized carbons (Fsp3) is 0.615. The van der Waals surface area contributed by atoms with E-state index in [0.717, 1.165) is 19.6 Å². The Morgan fingerprint density at radius 2 is 1.60 bits per heavy atom. The molecule has 20 heavy (non-hydrogen) atoms. The number of hydrogen-bond acceptors (Lipinski definition) is 3. The molecule has 0 bridgehead atoms. The maximum Gasteiger partial charge on any atom is 0.253 e. The van der Waals surface area contributed by atoms with Gasteiger partial charge in [0.05, 0.1) is 0 Å². The van der Waals surface area contributed by atoms with Gasteiger partial charge in [-0.25, -0.2) is 0 Å². The summed E-state index contributed by atoms with van der Waals surface area (Å²) in [6.07, 6.45) is 1.38. The topological polar surface area (TPSA) is 19.4 Å². The van der Waals surface area contributed by atoms with E-state index in [9.17, 15) is 17.6 Å². The van der Waals surface area contributed by atoms with E-state index in [1.54, 1.807) is 0 Å². The fourth-order valence-electron chi connectivity index (χ4n) is 2.59. The fourth-order valence-corrected chi connectivity index (χ4v) is 2.59. The van der Waals surface area contributed by atoms with Crippen molar-refractivity contribution >= 4 is 5.69 Å². The predicted molar refractivity (Wildman–Crippen MR) is 67.6 cm³/mol. The highest BCUT2D eigenvalue weighted by Crippen LogP contribution is 2.29. The molecule has 0 aromatic carbocycles. The molecule has 1 aromatic rings. The second-order valence-corrected chi connectivity index (χ2v) is 4.95. The normalized spacial score (nSPS) is 17.5. The monoisotopic (exact) mass is 291 g/mol. The number of anilines is 1.